The van der Waals surface area contributed by atoms with Crippen molar-refractivity contribution in [3.05, 3.63) is 11.7 Å². The first-order valence-electron chi connectivity index (χ1n) is 7.08. The molecule has 2 heterocycles. The van der Waals surface area contributed by atoms with Gasteiger partial charge in [0.1, 0.15) is 6.10 Å². The molecule has 0 aromatic carbocycles. The molecule has 1 aliphatic heterocycles. The van der Waals surface area contributed by atoms with E-state index in [9.17, 15) is 0 Å². The molecule has 1 saturated heterocycles. The lowest BCUT2D eigenvalue weighted by Gasteiger charge is -2.28. The maximum atomic E-state index is 5.94. The van der Waals surface area contributed by atoms with E-state index in [4.69, 9.17) is 15.0 Å². The highest BCUT2D eigenvalue weighted by atomic mass is 16.5. The summed E-state index contributed by atoms with van der Waals surface area (Å²) in [5, 5.41) is 4.12. The van der Waals surface area contributed by atoms with Crippen LogP contribution >= 0.6 is 0 Å². The van der Waals surface area contributed by atoms with Gasteiger partial charge in [-0.1, -0.05) is 18.0 Å². The van der Waals surface area contributed by atoms with Crippen molar-refractivity contribution in [2.75, 3.05) is 33.3 Å². The molecular weight excluding hydrogens is 244 g/mol. The lowest BCUT2D eigenvalue weighted by molar-refractivity contribution is -0.0264. The number of morpholine rings is 1. The minimum Gasteiger partial charge on any atom is -0.367 e. The smallest absolute Gasteiger partial charge is 0.234 e. The van der Waals surface area contributed by atoms with Gasteiger partial charge in [0.25, 0.3) is 0 Å². The fourth-order valence-corrected chi connectivity index (χ4v) is 3.07. The third-order valence-corrected chi connectivity index (χ3v) is 4.40. The predicted octanol–water partition coefficient (Wildman–Crippen LogP) is 0.843. The topological polar surface area (TPSA) is 77.4 Å². The Labute approximate surface area is 113 Å². The Balaban J connectivity index is 1.79. The zero-order chi connectivity index (χ0) is 13.3. The van der Waals surface area contributed by atoms with Gasteiger partial charge in [0, 0.05) is 19.6 Å². The van der Waals surface area contributed by atoms with E-state index in [1.165, 1.54) is 12.8 Å². The van der Waals surface area contributed by atoms with E-state index >= 15 is 0 Å². The van der Waals surface area contributed by atoms with Crippen LogP contribution in [0.25, 0.3) is 0 Å². The van der Waals surface area contributed by atoms with Gasteiger partial charge in [-0.2, -0.15) is 4.98 Å². The van der Waals surface area contributed by atoms with Crippen molar-refractivity contribution in [2.45, 2.75) is 37.2 Å². The average molecular weight is 266 g/mol. The highest BCUT2D eigenvalue weighted by Gasteiger charge is 2.40. The van der Waals surface area contributed by atoms with Crippen molar-refractivity contribution in [2.24, 2.45) is 5.73 Å². The number of nitrogens with zero attached hydrogens (tertiary/aromatic N) is 3. The summed E-state index contributed by atoms with van der Waals surface area (Å²) in [7, 11) is 2.08. The first-order chi connectivity index (χ1) is 9.23. The molecule has 1 saturated carbocycles. The Morgan fingerprint density at radius 1 is 1.42 bits per heavy atom. The van der Waals surface area contributed by atoms with Crippen LogP contribution in [0, 0.1) is 0 Å². The molecule has 19 heavy (non-hydrogen) atoms. The van der Waals surface area contributed by atoms with Gasteiger partial charge in [0.05, 0.1) is 12.0 Å². The van der Waals surface area contributed by atoms with Crippen LogP contribution in [0.3, 0.4) is 0 Å². The van der Waals surface area contributed by atoms with Crippen molar-refractivity contribution in [1.82, 2.24) is 15.0 Å². The molecule has 3 rings (SSSR count). The van der Waals surface area contributed by atoms with Gasteiger partial charge in [0.2, 0.25) is 11.7 Å². The molecule has 6 nitrogen and oxygen atoms in total. The van der Waals surface area contributed by atoms with Crippen molar-refractivity contribution in [1.29, 1.82) is 0 Å². The van der Waals surface area contributed by atoms with Gasteiger partial charge in [-0.25, -0.2) is 0 Å². The Hall–Kier alpha value is -0.980. The SMILES string of the molecule is CN1CCOC(c2noc(C3(CN)CCCC3)n2)C1. The Kier molecular flexibility index (Phi) is 3.56. The Morgan fingerprint density at radius 3 is 2.89 bits per heavy atom. The Bertz CT molecular complexity index is 428. The number of ether oxygens (including phenoxy) is 1. The third-order valence-electron chi connectivity index (χ3n) is 4.40. The van der Waals surface area contributed by atoms with E-state index in [0.717, 1.165) is 25.9 Å². The molecule has 0 amide bonds. The highest BCUT2D eigenvalue weighted by Crippen LogP contribution is 2.39. The molecule has 2 aliphatic rings. The van der Waals surface area contributed by atoms with Gasteiger partial charge in [-0.15, -0.1) is 0 Å². The van der Waals surface area contributed by atoms with Gasteiger partial charge < -0.3 is 19.9 Å². The van der Waals surface area contributed by atoms with E-state index in [2.05, 4.69) is 22.1 Å². The zero-order valence-electron chi connectivity index (χ0n) is 11.5. The molecule has 1 aromatic rings. The molecule has 2 fully saturated rings. The molecule has 1 aliphatic carbocycles. The van der Waals surface area contributed by atoms with Crippen LogP contribution in [0.5, 0.6) is 0 Å². The summed E-state index contributed by atoms with van der Waals surface area (Å²) in [6, 6.07) is 0. The molecule has 0 spiro atoms. The van der Waals surface area contributed by atoms with Gasteiger partial charge in [-0.3, -0.25) is 0 Å². The van der Waals surface area contributed by atoms with Crippen molar-refractivity contribution < 1.29 is 9.26 Å². The second-order valence-electron chi connectivity index (χ2n) is 5.77. The largest absolute Gasteiger partial charge is 0.367 e. The Morgan fingerprint density at radius 2 is 2.21 bits per heavy atom. The fourth-order valence-electron chi connectivity index (χ4n) is 3.07. The van der Waals surface area contributed by atoms with Gasteiger partial charge >= 0.3 is 0 Å². The summed E-state index contributed by atoms with van der Waals surface area (Å²) < 4.78 is 11.2. The number of nitrogens with two attached hydrogens (primary N) is 1. The van der Waals surface area contributed by atoms with Crippen molar-refractivity contribution >= 4 is 0 Å². The lowest BCUT2D eigenvalue weighted by Crippen LogP contribution is -2.36. The molecule has 1 atom stereocenters. The summed E-state index contributed by atoms with van der Waals surface area (Å²) in [5.41, 5.74) is 5.85. The number of hydrogen-bond donors (Lipinski definition) is 1. The molecule has 0 bridgehead atoms. The quantitative estimate of drug-likeness (QED) is 0.873. The third kappa shape index (κ3) is 2.40. The van der Waals surface area contributed by atoms with Crippen LogP contribution in [0.15, 0.2) is 4.52 Å². The van der Waals surface area contributed by atoms with Crippen molar-refractivity contribution in [3.8, 4) is 0 Å². The number of rotatable bonds is 3. The molecule has 0 radical (unpaired) electrons. The second kappa shape index (κ2) is 5.19. The molecule has 106 valence electrons. The summed E-state index contributed by atoms with van der Waals surface area (Å²) in [6.45, 7) is 3.07. The summed E-state index contributed by atoms with van der Waals surface area (Å²) in [5.74, 6) is 1.38. The molecule has 1 unspecified atom stereocenters. The van der Waals surface area contributed by atoms with Crippen LogP contribution in [0.4, 0.5) is 0 Å². The number of likely N-dealkylation sites (N-methyl/N-ethyl adjacent to an activating group) is 1. The first-order valence-corrected chi connectivity index (χ1v) is 7.08. The summed E-state index contributed by atoms with van der Waals surface area (Å²) in [6.07, 6.45) is 4.41. The molecular formula is C13H22N4O2. The minimum absolute atomic E-state index is 0.0764. The number of aromatic nitrogens is 2. The highest BCUT2D eigenvalue weighted by molar-refractivity contribution is 5.10. The first kappa shape index (κ1) is 13.0. The maximum absolute atomic E-state index is 5.94. The monoisotopic (exact) mass is 266 g/mol. The lowest BCUT2D eigenvalue weighted by atomic mass is 9.86. The minimum atomic E-state index is -0.0914. The summed E-state index contributed by atoms with van der Waals surface area (Å²) >= 11 is 0. The van der Waals surface area contributed by atoms with Crippen LogP contribution in [-0.2, 0) is 10.2 Å². The van der Waals surface area contributed by atoms with E-state index in [1.54, 1.807) is 0 Å². The van der Waals surface area contributed by atoms with E-state index in [-0.39, 0.29) is 11.5 Å². The van der Waals surface area contributed by atoms with E-state index in [1.807, 2.05) is 0 Å². The van der Waals surface area contributed by atoms with E-state index < -0.39 is 0 Å². The molecule has 2 N–H and O–H groups in total. The molecule has 1 aromatic heterocycles. The maximum Gasteiger partial charge on any atom is 0.234 e. The second-order valence-corrected chi connectivity index (χ2v) is 5.77. The standard InChI is InChI=1S/C13H22N4O2/c1-17-6-7-18-10(8-17)11-15-12(19-16-11)13(9-14)4-2-3-5-13/h10H,2-9,14H2,1H3. The predicted molar refractivity (Wildman–Crippen MR) is 69.7 cm³/mol. The van der Waals surface area contributed by atoms with Crippen molar-refractivity contribution in [3.63, 3.8) is 0 Å². The van der Waals surface area contributed by atoms with E-state index in [0.29, 0.717) is 24.9 Å². The van der Waals surface area contributed by atoms with Crippen LogP contribution in [-0.4, -0.2) is 48.3 Å². The van der Waals surface area contributed by atoms with Crippen LogP contribution < -0.4 is 5.73 Å². The molecule has 6 heteroatoms. The fraction of sp³-hybridized carbons (Fsp3) is 0.846. The van der Waals surface area contributed by atoms with Gasteiger partial charge in [-0.05, 0) is 19.9 Å². The van der Waals surface area contributed by atoms with Crippen LogP contribution in [0.1, 0.15) is 43.5 Å². The average Bonchev–Trinajstić information content (AvgIpc) is 3.08. The zero-order valence-corrected chi connectivity index (χ0v) is 11.5. The van der Waals surface area contributed by atoms with Gasteiger partial charge in [0.15, 0.2) is 0 Å². The summed E-state index contributed by atoms with van der Waals surface area (Å²) in [4.78, 5) is 6.80. The normalized spacial score (nSPS) is 27.8. The van der Waals surface area contributed by atoms with Crippen LogP contribution in [0.2, 0.25) is 0 Å². The number of hydrogen-bond acceptors (Lipinski definition) is 6.